The molecule has 0 saturated heterocycles. The molecule has 3 nitrogen and oxygen atoms in total. The van der Waals surface area contributed by atoms with E-state index in [2.05, 4.69) is 11.6 Å². The van der Waals surface area contributed by atoms with Gasteiger partial charge in [0.2, 0.25) is 0 Å². The SMILES string of the molecule is CSCc1ccc(CNCC2(O)CCCCC2)o1. The molecular weight excluding hydrogens is 246 g/mol. The fourth-order valence-corrected chi connectivity index (χ4v) is 2.98. The van der Waals surface area contributed by atoms with E-state index in [1.807, 2.05) is 12.1 Å². The molecule has 102 valence electrons. The largest absolute Gasteiger partial charge is 0.464 e. The number of rotatable bonds is 6. The summed E-state index contributed by atoms with van der Waals surface area (Å²) in [5, 5.41) is 13.7. The minimum atomic E-state index is -0.493. The Labute approximate surface area is 113 Å². The van der Waals surface area contributed by atoms with Crippen molar-refractivity contribution < 1.29 is 9.52 Å². The van der Waals surface area contributed by atoms with Gasteiger partial charge in [-0.2, -0.15) is 11.8 Å². The molecule has 0 spiro atoms. The van der Waals surface area contributed by atoms with Gasteiger partial charge >= 0.3 is 0 Å². The van der Waals surface area contributed by atoms with E-state index in [4.69, 9.17) is 4.42 Å². The first-order valence-electron chi connectivity index (χ1n) is 6.71. The highest BCUT2D eigenvalue weighted by atomic mass is 32.2. The molecule has 0 bridgehead atoms. The third-order valence-electron chi connectivity index (χ3n) is 3.54. The molecule has 0 radical (unpaired) electrons. The zero-order valence-corrected chi connectivity index (χ0v) is 11.9. The number of hydrogen-bond donors (Lipinski definition) is 2. The third kappa shape index (κ3) is 4.04. The summed E-state index contributed by atoms with van der Waals surface area (Å²) in [6.45, 7) is 1.38. The standard InChI is InChI=1S/C14H23NO2S/c1-18-10-13-6-5-12(17-13)9-15-11-14(16)7-3-2-4-8-14/h5-6,15-16H,2-4,7-11H2,1H3. The fraction of sp³-hybridized carbons (Fsp3) is 0.714. The van der Waals surface area contributed by atoms with Crippen LogP contribution in [-0.2, 0) is 12.3 Å². The van der Waals surface area contributed by atoms with Gasteiger partial charge in [0.05, 0.1) is 17.9 Å². The molecule has 2 rings (SSSR count). The highest BCUT2D eigenvalue weighted by Gasteiger charge is 2.28. The van der Waals surface area contributed by atoms with Gasteiger partial charge in [0.15, 0.2) is 0 Å². The molecule has 1 fully saturated rings. The Hall–Kier alpha value is -0.450. The highest BCUT2D eigenvalue weighted by molar-refractivity contribution is 7.97. The van der Waals surface area contributed by atoms with Gasteiger partial charge in [0, 0.05) is 6.54 Å². The zero-order chi connectivity index (χ0) is 12.8. The Morgan fingerprint density at radius 2 is 2.00 bits per heavy atom. The predicted molar refractivity (Wildman–Crippen MR) is 75.7 cm³/mol. The Bertz CT molecular complexity index is 358. The van der Waals surface area contributed by atoms with Gasteiger partial charge in [0.1, 0.15) is 11.5 Å². The zero-order valence-electron chi connectivity index (χ0n) is 11.1. The van der Waals surface area contributed by atoms with E-state index < -0.39 is 5.60 Å². The molecule has 1 heterocycles. The second-order valence-electron chi connectivity index (χ2n) is 5.19. The third-order valence-corrected chi connectivity index (χ3v) is 4.11. The van der Waals surface area contributed by atoms with Crippen molar-refractivity contribution in [3.8, 4) is 0 Å². The lowest BCUT2D eigenvalue weighted by molar-refractivity contribution is 0.00437. The molecular formula is C14H23NO2S. The van der Waals surface area contributed by atoms with E-state index in [-0.39, 0.29) is 0 Å². The van der Waals surface area contributed by atoms with Gasteiger partial charge in [-0.05, 0) is 31.2 Å². The van der Waals surface area contributed by atoms with Crippen molar-refractivity contribution in [2.45, 2.75) is 50.0 Å². The minimum Gasteiger partial charge on any atom is -0.464 e. The first-order valence-corrected chi connectivity index (χ1v) is 8.11. The molecule has 0 amide bonds. The molecule has 1 aromatic heterocycles. The summed E-state index contributed by atoms with van der Waals surface area (Å²) < 4.78 is 5.68. The van der Waals surface area contributed by atoms with Crippen molar-refractivity contribution in [3.63, 3.8) is 0 Å². The topological polar surface area (TPSA) is 45.4 Å². The second-order valence-corrected chi connectivity index (χ2v) is 6.06. The smallest absolute Gasteiger partial charge is 0.118 e. The Morgan fingerprint density at radius 3 is 2.72 bits per heavy atom. The molecule has 1 saturated carbocycles. The number of thioether (sulfide) groups is 1. The first-order chi connectivity index (χ1) is 8.72. The van der Waals surface area contributed by atoms with Gasteiger partial charge in [-0.25, -0.2) is 0 Å². The van der Waals surface area contributed by atoms with E-state index in [1.165, 1.54) is 6.42 Å². The van der Waals surface area contributed by atoms with Crippen LogP contribution in [0.5, 0.6) is 0 Å². The van der Waals surface area contributed by atoms with E-state index in [0.717, 1.165) is 43.0 Å². The Morgan fingerprint density at radius 1 is 1.28 bits per heavy atom. The highest BCUT2D eigenvalue weighted by Crippen LogP contribution is 2.27. The molecule has 4 heteroatoms. The van der Waals surface area contributed by atoms with Crippen LogP contribution in [0.2, 0.25) is 0 Å². The lowest BCUT2D eigenvalue weighted by Crippen LogP contribution is -2.41. The molecule has 0 aliphatic heterocycles. The summed E-state index contributed by atoms with van der Waals surface area (Å²) in [7, 11) is 0. The van der Waals surface area contributed by atoms with Crippen LogP contribution in [-0.4, -0.2) is 23.5 Å². The van der Waals surface area contributed by atoms with Crippen molar-refractivity contribution >= 4 is 11.8 Å². The second kappa shape index (κ2) is 6.64. The maximum atomic E-state index is 10.3. The van der Waals surface area contributed by atoms with Crippen LogP contribution in [0.1, 0.15) is 43.6 Å². The van der Waals surface area contributed by atoms with E-state index >= 15 is 0 Å². The van der Waals surface area contributed by atoms with Crippen LogP contribution < -0.4 is 5.32 Å². The summed E-state index contributed by atoms with van der Waals surface area (Å²) in [4.78, 5) is 0. The van der Waals surface area contributed by atoms with Gasteiger partial charge in [-0.15, -0.1) is 0 Å². The summed E-state index contributed by atoms with van der Waals surface area (Å²) in [6, 6.07) is 4.05. The van der Waals surface area contributed by atoms with Crippen molar-refractivity contribution in [2.75, 3.05) is 12.8 Å². The molecule has 1 aliphatic rings. The number of nitrogens with one attached hydrogen (secondary N) is 1. The maximum absolute atomic E-state index is 10.3. The van der Waals surface area contributed by atoms with Gasteiger partial charge in [-0.3, -0.25) is 0 Å². The van der Waals surface area contributed by atoms with Gasteiger partial charge in [0.25, 0.3) is 0 Å². The average Bonchev–Trinajstić information content (AvgIpc) is 2.78. The first kappa shape index (κ1) is 14.0. The summed E-state index contributed by atoms with van der Waals surface area (Å²) in [6.07, 6.45) is 7.48. The van der Waals surface area contributed by atoms with E-state index in [9.17, 15) is 5.11 Å². The van der Waals surface area contributed by atoms with E-state index in [0.29, 0.717) is 13.1 Å². The van der Waals surface area contributed by atoms with Crippen molar-refractivity contribution in [1.82, 2.24) is 5.32 Å². The molecule has 18 heavy (non-hydrogen) atoms. The van der Waals surface area contributed by atoms with Crippen LogP contribution in [0, 0.1) is 0 Å². The molecule has 1 aromatic rings. The molecule has 1 aliphatic carbocycles. The average molecular weight is 269 g/mol. The molecule has 0 aromatic carbocycles. The summed E-state index contributed by atoms with van der Waals surface area (Å²) in [5.74, 6) is 2.90. The number of furan rings is 1. The number of aliphatic hydroxyl groups is 1. The van der Waals surface area contributed by atoms with Gasteiger partial charge < -0.3 is 14.8 Å². The van der Waals surface area contributed by atoms with Crippen molar-refractivity contribution in [2.24, 2.45) is 0 Å². The van der Waals surface area contributed by atoms with Crippen LogP contribution in [0.25, 0.3) is 0 Å². The monoisotopic (exact) mass is 269 g/mol. The Balaban J connectivity index is 1.73. The molecule has 0 unspecified atom stereocenters. The van der Waals surface area contributed by atoms with Crippen molar-refractivity contribution in [1.29, 1.82) is 0 Å². The normalized spacial score (nSPS) is 19.0. The quantitative estimate of drug-likeness (QED) is 0.833. The van der Waals surface area contributed by atoms with Crippen LogP contribution in [0.3, 0.4) is 0 Å². The Kier molecular flexibility index (Phi) is 5.15. The predicted octanol–water partition coefficient (Wildman–Crippen LogP) is 2.93. The molecule has 2 N–H and O–H groups in total. The van der Waals surface area contributed by atoms with Crippen LogP contribution >= 0.6 is 11.8 Å². The van der Waals surface area contributed by atoms with Crippen LogP contribution in [0.4, 0.5) is 0 Å². The van der Waals surface area contributed by atoms with Crippen LogP contribution in [0.15, 0.2) is 16.5 Å². The molecule has 0 atom stereocenters. The lowest BCUT2D eigenvalue weighted by Gasteiger charge is -2.32. The lowest BCUT2D eigenvalue weighted by atomic mass is 9.85. The van der Waals surface area contributed by atoms with Crippen molar-refractivity contribution in [3.05, 3.63) is 23.7 Å². The minimum absolute atomic E-state index is 0.493. The maximum Gasteiger partial charge on any atom is 0.118 e. The summed E-state index contributed by atoms with van der Waals surface area (Å²) >= 11 is 1.76. The summed E-state index contributed by atoms with van der Waals surface area (Å²) in [5.41, 5.74) is -0.493. The number of hydrogen-bond acceptors (Lipinski definition) is 4. The van der Waals surface area contributed by atoms with Gasteiger partial charge in [-0.1, -0.05) is 19.3 Å². The van der Waals surface area contributed by atoms with E-state index in [1.54, 1.807) is 11.8 Å². The fourth-order valence-electron chi connectivity index (χ4n) is 2.54.